The molecule has 0 aromatic carbocycles. The Kier molecular flexibility index (Phi) is 5.90. The van der Waals surface area contributed by atoms with Crippen LogP contribution in [0, 0.1) is 4.77 Å². The number of carbonyl (C=O) groups excluding carboxylic acids is 1. The Labute approximate surface area is 107 Å². The maximum Gasteiger partial charge on any atom is 0.235 e. The first-order valence-electron chi connectivity index (χ1n) is 6.09. The molecule has 0 aliphatic carbocycles. The molecule has 6 heteroatoms. The summed E-state index contributed by atoms with van der Waals surface area (Å²) in [5.74, 6) is 0.649. The van der Waals surface area contributed by atoms with Crippen molar-refractivity contribution in [2.45, 2.75) is 52.4 Å². The number of hydrogen-bond donors (Lipinski definition) is 2. The predicted molar refractivity (Wildman–Crippen MR) is 69.9 cm³/mol. The Morgan fingerprint density at radius 1 is 1.41 bits per heavy atom. The molecule has 1 aromatic heterocycles. The van der Waals surface area contributed by atoms with E-state index in [9.17, 15) is 4.79 Å². The van der Waals surface area contributed by atoms with Crippen LogP contribution in [0.15, 0.2) is 0 Å². The quantitative estimate of drug-likeness (QED) is 0.582. The predicted octanol–water partition coefficient (Wildman–Crippen LogP) is 2.54. The van der Waals surface area contributed by atoms with Gasteiger partial charge in [0.1, 0.15) is 0 Å². The van der Waals surface area contributed by atoms with Crippen LogP contribution in [0.1, 0.15) is 51.8 Å². The molecule has 1 aromatic rings. The molecule has 0 aliphatic heterocycles. The highest BCUT2D eigenvalue weighted by Gasteiger charge is 2.06. The number of nitrogens with zero attached hydrogens (tertiary/aromatic N) is 2. The lowest BCUT2D eigenvalue weighted by molar-refractivity contribution is -0.115. The SMILES string of the molecule is CCCCCCCc1n[nH]c(=S)n1NC(C)=O. The van der Waals surface area contributed by atoms with E-state index < -0.39 is 0 Å². The van der Waals surface area contributed by atoms with Gasteiger partial charge in [-0.05, 0) is 18.6 Å². The zero-order valence-corrected chi connectivity index (χ0v) is 11.3. The Morgan fingerprint density at radius 2 is 2.12 bits per heavy atom. The zero-order chi connectivity index (χ0) is 12.7. The molecule has 17 heavy (non-hydrogen) atoms. The molecule has 0 bridgehead atoms. The standard InChI is InChI=1S/C11H20N4OS/c1-3-4-5-6-7-8-10-12-13-11(17)15(10)14-9(2)16/h3-8H2,1-2H3,(H,13,17)(H,14,16). The zero-order valence-electron chi connectivity index (χ0n) is 10.5. The molecule has 0 aliphatic rings. The molecule has 0 spiro atoms. The Hall–Kier alpha value is -1.17. The number of H-pyrrole nitrogens is 1. The van der Waals surface area contributed by atoms with Crippen LogP contribution < -0.4 is 5.43 Å². The average Bonchev–Trinajstić information content (AvgIpc) is 2.60. The third-order valence-corrected chi connectivity index (χ3v) is 2.79. The first-order chi connectivity index (χ1) is 8.15. The van der Waals surface area contributed by atoms with Crippen LogP contribution in [0.5, 0.6) is 0 Å². The smallest absolute Gasteiger partial charge is 0.235 e. The van der Waals surface area contributed by atoms with E-state index in [1.54, 1.807) is 4.68 Å². The van der Waals surface area contributed by atoms with Gasteiger partial charge in [-0.1, -0.05) is 32.6 Å². The van der Waals surface area contributed by atoms with Crippen LogP contribution in [-0.2, 0) is 11.2 Å². The topological polar surface area (TPSA) is 62.7 Å². The number of aromatic nitrogens is 3. The number of unbranched alkanes of at least 4 members (excludes halogenated alkanes) is 4. The van der Waals surface area contributed by atoms with Gasteiger partial charge in [-0.2, -0.15) is 5.10 Å². The van der Waals surface area contributed by atoms with E-state index in [1.165, 1.54) is 32.6 Å². The molecule has 0 saturated carbocycles. The van der Waals surface area contributed by atoms with E-state index in [1.807, 2.05) is 0 Å². The third-order valence-electron chi connectivity index (χ3n) is 2.51. The van der Waals surface area contributed by atoms with Crippen LogP contribution >= 0.6 is 12.2 Å². The normalized spacial score (nSPS) is 10.5. The molecular formula is C11H20N4OS. The fourth-order valence-corrected chi connectivity index (χ4v) is 1.85. The van der Waals surface area contributed by atoms with Crippen molar-refractivity contribution in [3.63, 3.8) is 0 Å². The Morgan fingerprint density at radius 3 is 2.76 bits per heavy atom. The Balaban J connectivity index is 2.47. The van der Waals surface area contributed by atoms with Gasteiger partial charge in [-0.15, -0.1) is 0 Å². The fourth-order valence-electron chi connectivity index (χ4n) is 1.66. The summed E-state index contributed by atoms with van der Waals surface area (Å²) in [6.45, 7) is 3.65. The molecule has 5 nitrogen and oxygen atoms in total. The molecule has 1 rings (SSSR count). The van der Waals surface area contributed by atoms with Gasteiger partial charge in [0.25, 0.3) is 0 Å². The van der Waals surface area contributed by atoms with Crippen molar-refractivity contribution in [2.24, 2.45) is 0 Å². The minimum absolute atomic E-state index is 0.144. The van der Waals surface area contributed by atoms with E-state index in [4.69, 9.17) is 12.2 Å². The molecule has 96 valence electrons. The van der Waals surface area contributed by atoms with Gasteiger partial charge in [-0.25, -0.2) is 4.68 Å². The second-order valence-electron chi connectivity index (χ2n) is 4.11. The van der Waals surface area contributed by atoms with Crippen LogP contribution in [0.3, 0.4) is 0 Å². The van der Waals surface area contributed by atoms with E-state index in [2.05, 4.69) is 22.5 Å². The summed E-state index contributed by atoms with van der Waals surface area (Å²) in [6.07, 6.45) is 6.86. The number of nitrogens with one attached hydrogen (secondary N) is 2. The molecule has 0 unspecified atom stereocenters. The van der Waals surface area contributed by atoms with E-state index in [0.717, 1.165) is 18.7 Å². The van der Waals surface area contributed by atoms with Crippen LogP contribution in [-0.4, -0.2) is 20.8 Å². The van der Waals surface area contributed by atoms with Crippen molar-refractivity contribution in [3.05, 3.63) is 10.6 Å². The summed E-state index contributed by atoms with van der Waals surface area (Å²) >= 11 is 5.04. The number of amides is 1. The highest BCUT2D eigenvalue weighted by atomic mass is 32.1. The van der Waals surface area contributed by atoms with Gasteiger partial charge in [0.15, 0.2) is 5.82 Å². The number of aryl methyl sites for hydroxylation is 1. The minimum atomic E-state index is -0.144. The van der Waals surface area contributed by atoms with Crippen molar-refractivity contribution in [1.82, 2.24) is 14.9 Å². The number of hydrogen-bond acceptors (Lipinski definition) is 3. The van der Waals surface area contributed by atoms with Crippen LogP contribution in [0.25, 0.3) is 0 Å². The average molecular weight is 256 g/mol. The van der Waals surface area contributed by atoms with Crippen LogP contribution in [0.4, 0.5) is 0 Å². The van der Waals surface area contributed by atoms with E-state index in [0.29, 0.717) is 4.77 Å². The van der Waals surface area contributed by atoms with Gasteiger partial charge >= 0.3 is 0 Å². The first kappa shape index (κ1) is 13.9. The minimum Gasteiger partial charge on any atom is -0.274 e. The van der Waals surface area contributed by atoms with Gasteiger partial charge < -0.3 is 0 Å². The van der Waals surface area contributed by atoms with Gasteiger partial charge in [0.05, 0.1) is 0 Å². The van der Waals surface area contributed by atoms with Crippen molar-refractivity contribution >= 4 is 18.1 Å². The summed E-state index contributed by atoms with van der Waals surface area (Å²) in [5.41, 5.74) is 2.65. The van der Waals surface area contributed by atoms with Gasteiger partial charge in [-0.3, -0.25) is 15.3 Å². The second-order valence-corrected chi connectivity index (χ2v) is 4.50. The van der Waals surface area contributed by atoms with Gasteiger partial charge in [0.2, 0.25) is 10.7 Å². The van der Waals surface area contributed by atoms with Crippen molar-refractivity contribution < 1.29 is 4.79 Å². The lowest BCUT2D eigenvalue weighted by Gasteiger charge is -2.06. The molecular weight excluding hydrogens is 236 g/mol. The molecule has 0 fully saturated rings. The number of carbonyl (C=O) groups is 1. The fraction of sp³-hybridized carbons (Fsp3) is 0.727. The highest BCUT2D eigenvalue weighted by Crippen LogP contribution is 2.07. The van der Waals surface area contributed by atoms with Crippen LogP contribution in [0.2, 0.25) is 0 Å². The number of aromatic amines is 1. The molecule has 1 amide bonds. The lowest BCUT2D eigenvalue weighted by Crippen LogP contribution is -2.22. The van der Waals surface area contributed by atoms with E-state index >= 15 is 0 Å². The summed E-state index contributed by atoms with van der Waals surface area (Å²) in [5, 5.41) is 6.81. The highest BCUT2D eigenvalue weighted by molar-refractivity contribution is 7.71. The summed E-state index contributed by atoms with van der Waals surface area (Å²) in [7, 11) is 0. The second kappa shape index (κ2) is 7.21. The molecule has 2 N–H and O–H groups in total. The van der Waals surface area contributed by atoms with E-state index in [-0.39, 0.29) is 5.91 Å². The largest absolute Gasteiger partial charge is 0.274 e. The first-order valence-corrected chi connectivity index (χ1v) is 6.50. The van der Waals surface area contributed by atoms with Gasteiger partial charge in [0, 0.05) is 13.3 Å². The Bertz CT molecular complexity index is 410. The lowest BCUT2D eigenvalue weighted by atomic mass is 10.1. The summed E-state index contributed by atoms with van der Waals surface area (Å²) < 4.78 is 1.99. The summed E-state index contributed by atoms with van der Waals surface area (Å²) in [4.78, 5) is 11.0. The maximum absolute atomic E-state index is 11.0. The van der Waals surface area contributed by atoms with Crippen molar-refractivity contribution in [1.29, 1.82) is 0 Å². The molecule has 1 heterocycles. The molecule has 0 saturated heterocycles. The maximum atomic E-state index is 11.0. The monoisotopic (exact) mass is 256 g/mol. The molecule has 0 atom stereocenters. The van der Waals surface area contributed by atoms with Crippen molar-refractivity contribution in [3.8, 4) is 0 Å². The summed E-state index contributed by atoms with van der Waals surface area (Å²) in [6, 6.07) is 0. The number of rotatable bonds is 7. The molecule has 0 radical (unpaired) electrons. The van der Waals surface area contributed by atoms with Crippen molar-refractivity contribution in [2.75, 3.05) is 5.43 Å². The third kappa shape index (κ3) is 4.68.